The number of halogens is 1. The van der Waals surface area contributed by atoms with Crippen molar-refractivity contribution in [3.05, 3.63) is 46.4 Å². The second-order valence-corrected chi connectivity index (χ2v) is 4.29. The Morgan fingerprint density at radius 1 is 1.13 bits per heavy atom. The van der Waals surface area contributed by atoms with E-state index in [4.69, 9.17) is 0 Å². The lowest BCUT2D eigenvalue weighted by Gasteiger charge is -2.04. The average Bonchev–Trinajstić information content (AvgIpc) is 2.17. The van der Waals surface area contributed by atoms with E-state index in [-0.39, 0.29) is 6.42 Å². The molecule has 3 heteroatoms. The molecule has 0 saturated carbocycles. The number of hydrogen-bond donors (Lipinski definition) is 0. The van der Waals surface area contributed by atoms with Crippen molar-refractivity contribution < 1.29 is 9.90 Å². The van der Waals surface area contributed by atoms with Gasteiger partial charge in [-0.15, -0.1) is 0 Å². The Labute approximate surface area is 95.7 Å². The predicted octanol–water partition coefficient (Wildman–Crippen LogP) is 1.89. The summed E-state index contributed by atoms with van der Waals surface area (Å²) in [5.74, 6) is -1.05. The standard InChI is InChI=1S/C12H9BrO2/c13-11-4-3-9-5-8(6-12(14)15)1-2-10(9)7-11/h1-5,7H,6H2,(H,14,15)/p-1. The number of hydrogen-bond acceptors (Lipinski definition) is 2. The number of carbonyl (C=O) groups excluding carboxylic acids is 1. The van der Waals surface area contributed by atoms with Gasteiger partial charge in [-0.25, -0.2) is 0 Å². The maximum absolute atomic E-state index is 10.4. The Morgan fingerprint density at radius 2 is 1.80 bits per heavy atom. The van der Waals surface area contributed by atoms with Gasteiger partial charge in [-0.05, 0) is 28.5 Å². The van der Waals surface area contributed by atoms with Gasteiger partial charge < -0.3 is 9.90 Å². The van der Waals surface area contributed by atoms with Crippen LogP contribution in [0.5, 0.6) is 0 Å². The zero-order valence-corrected chi connectivity index (χ0v) is 9.45. The average molecular weight is 264 g/mol. The molecule has 0 spiro atoms. The highest BCUT2D eigenvalue weighted by atomic mass is 79.9. The summed E-state index contributed by atoms with van der Waals surface area (Å²) in [5.41, 5.74) is 0.768. The molecule has 0 N–H and O–H groups in total. The summed E-state index contributed by atoms with van der Waals surface area (Å²) in [6, 6.07) is 11.5. The van der Waals surface area contributed by atoms with E-state index in [1.165, 1.54) is 0 Å². The van der Waals surface area contributed by atoms with Gasteiger partial charge in [-0.2, -0.15) is 0 Å². The van der Waals surface area contributed by atoms with Crippen molar-refractivity contribution >= 4 is 32.7 Å². The van der Waals surface area contributed by atoms with Crippen molar-refractivity contribution in [3.63, 3.8) is 0 Å². The second kappa shape index (κ2) is 4.03. The van der Waals surface area contributed by atoms with Crippen LogP contribution in [0.2, 0.25) is 0 Å². The number of aliphatic carboxylic acids is 1. The zero-order valence-electron chi connectivity index (χ0n) is 7.87. The number of carbonyl (C=O) groups is 1. The van der Waals surface area contributed by atoms with Crippen LogP contribution < -0.4 is 5.11 Å². The van der Waals surface area contributed by atoms with E-state index >= 15 is 0 Å². The first-order valence-corrected chi connectivity index (χ1v) is 5.32. The van der Waals surface area contributed by atoms with Crippen molar-refractivity contribution in [1.29, 1.82) is 0 Å². The van der Waals surface area contributed by atoms with Crippen LogP contribution in [0.3, 0.4) is 0 Å². The molecule has 2 rings (SSSR count). The molecule has 76 valence electrons. The van der Waals surface area contributed by atoms with Crippen LogP contribution in [-0.4, -0.2) is 5.97 Å². The molecular formula is C12H8BrO2-. The molecule has 0 saturated heterocycles. The summed E-state index contributed by atoms with van der Waals surface area (Å²) in [6.45, 7) is 0. The van der Waals surface area contributed by atoms with Gasteiger partial charge in [0.2, 0.25) is 0 Å². The fraction of sp³-hybridized carbons (Fsp3) is 0.0833. The van der Waals surface area contributed by atoms with E-state index < -0.39 is 5.97 Å². The molecular weight excluding hydrogens is 256 g/mol. The molecule has 0 aliphatic heterocycles. The van der Waals surface area contributed by atoms with Crippen LogP contribution in [0.1, 0.15) is 5.56 Å². The van der Waals surface area contributed by atoms with E-state index in [2.05, 4.69) is 15.9 Å². The first kappa shape index (κ1) is 10.2. The van der Waals surface area contributed by atoms with E-state index in [1.54, 1.807) is 0 Å². The molecule has 0 radical (unpaired) electrons. The molecule has 0 aliphatic carbocycles. The fourth-order valence-electron chi connectivity index (χ4n) is 1.54. The van der Waals surface area contributed by atoms with E-state index in [0.717, 1.165) is 20.8 Å². The summed E-state index contributed by atoms with van der Waals surface area (Å²) < 4.78 is 1.02. The van der Waals surface area contributed by atoms with E-state index in [9.17, 15) is 9.90 Å². The highest BCUT2D eigenvalue weighted by molar-refractivity contribution is 9.10. The van der Waals surface area contributed by atoms with Crippen LogP contribution in [0, 0.1) is 0 Å². The first-order chi connectivity index (χ1) is 7.15. The highest BCUT2D eigenvalue weighted by Crippen LogP contribution is 2.20. The zero-order chi connectivity index (χ0) is 10.8. The molecule has 0 amide bonds. The van der Waals surface area contributed by atoms with Crippen molar-refractivity contribution in [2.75, 3.05) is 0 Å². The van der Waals surface area contributed by atoms with Crippen LogP contribution in [0.25, 0.3) is 10.8 Å². The topological polar surface area (TPSA) is 40.1 Å². The number of benzene rings is 2. The molecule has 0 unspecified atom stereocenters. The normalized spacial score (nSPS) is 10.5. The van der Waals surface area contributed by atoms with Gasteiger partial charge in [0, 0.05) is 16.9 Å². The van der Waals surface area contributed by atoms with Gasteiger partial charge in [0.25, 0.3) is 0 Å². The van der Waals surface area contributed by atoms with Crippen LogP contribution in [0.4, 0.5) is 0 Å². The van der Waals surface area contributed by atoms with Crippen molar-refractivity contribution in [1.82, 2.24) is 0 Å². The third-order valence-corrected chi connectivity index (χ3v) is 2.71. The first-order valence-electron chi connectivity index (χ1n) is 4.53. The number of rotatable bonds is 2. The molecule has 2 aromatic carbocycles. The van der Waals surface area contributed by atoms with Gasteiger partial charge in [-0.1, -0.05) is 40.2 Å². The number of fused-ring (bicyclic) bond motifs is 1. The maximum atomic E-state index is 10.4. The molecule has 0 heterocycles. The van der Waals surface area contributed by atoms with Crippen LogP contribution in [0.15, 0.2) is 40.9 Å². The lowest BCUT2D eigenvalue weighted by atomic mass is 10.1. The predicted molar refractivity (Wildman–Crippen MR) is 60.4 cm³/mol. The summed E-state index contributed by atoms with van der Waals surface area (Å²) in [7, 11) is 0. The summed E-state index contributed by atoms with van der Waals surface area (Å²) >= 11 is 3.39. The largest absolute Gasteiger partial charge is 0.550 e. The summed E-state index contributed by atoms with van der Waals surface area (Å²) in [5, 5.41) is 12.6. The highest BCUT2D eigenvalue weighted by Gasteiger charge is 1.97. The second-order valence-electron chi connectivity index (χ2n) is 3.37. The van der Waals surface area contributed by atoms with Gasteiger partial charge in [0.05, 0.1) is 0 Å². The fourth-order valence-corrected chi connectivity index (χ4v) is 1.92. The maximum Gasteiger partial charge on any atom is 0.0458 e. The molecule has 15 heavy (non-hydrogen) atoms. The molecule has 0 fully saturated rings. The van der Waals surface area contributed by atoms with Gasteiger partial charge in [0.15, 0.2) is 0 Å². The third kappa shape index (κ3) is 2.36. The minimum Gasteiger partial charge on any atom is -0.550 e. The number of carboxylic acids is 1. The summed E-state index contributed by atoms with van der Waals surface area (Å²) in [4.78, 5) is 10.4. The Morgan fingerprint density at radius 3 is 2.53 bits per heavy atom. The Bertz CT molecular complexity index is 520. The van der Waals surface area contributed by atoms with E-state index in [1.807, 2.05) is 36.4 Å². The van der Waals surface area contributed by atoms with Gasteiger partial charge in [0.1, 0.15) is 0 Å². The number of carboxylic acid groups (broad SMARTS) is 1. The molecule has 2 aromatic rings. The molecule has 2 nitrogen and oxygen atoms in total. The van der Waals surface area contributed by atoms with Crippen LogP contribution >= 0.6 is 15.9 Å². The SMILES string of the molecule is O=C([O-])Cc1ccc2cc(Br)ccc2c1. The van der Waals surface area contributed by atoms with Crippen molar-refractivity contribution in [2.45, 2.75) is 6.42 Å². The smallest absolute Gasteiger partial charge is 0.0458 e. The van der Waals surface area contributed by atoms with Gasteiger partial charge >= 0.3 is 0 Å². The Hall–Kier alpha value is -1.35. The molecule has 0 aromatic heterocycles. The Kier molecular flexibility index (Phi) is 2.73. The van der Waals surface area contributed by atoms with Crippen LogP contribution in [-0.2, 0) is 11.2 Å². The minimum atomic E-state index is -1.05. The molecule has 0 bridgehead atoms. The van der Waals surface area contributed by atoms with E-state index in [0.29, 0.717) is 0 Å². The molecule has 0 aliphatic rings. The van der Waals surface area contributed by atoms with Crippen molar-refractivity contribution in [3.8, 4) is 0 Å². The third-order valence-electron chi connectivity index (χ3n) is 2.22. The lowest BCUT2D eigenvalue weighted by Crippen LogP contribution is -2.24. The summed E-state index contributed by atoms with van der Waals surface area (Å²) in [6.07, 6.45) is -0.0357. The minimum absolute atomic E-state index is 0.0357. The van der Waals surface area contributed by atoms with Crippen molar-refractivity contribution in [2.24, 2.45) is 0 Å². The quantitative estimate of drug-likeness (QED) is 0.831. The molecule has 0 atom stereocenters. The monoisotopic (exact) mass is 263 g/mol. The Balaban J connectivity index is 2.47. The lowest BCUT2D eigenvalue weighted by molar-refractivity contribution is -0.304. The van der Waals surface area contributed by atoms with Gasteiger partial charge in [-0.3, -0.25) is 0 Å².